The maximum Gasteiger partial charge on any atom is 0.252 e. The Kier molecular flexibility index (Phi) is 6.33. The number of ether oxygens (including phenoxy) is 2. The largest absolute Gasteiger partial charge is 0.486 e. The van der Waals surface area contributed by atoms with E-state index in [0.29, 0.717) is 53.5 Å². The fraction of sp³-hybridized carbons (Fsp3) is 0.350. The minimum Gasteiger partial charge on any atom is -0.486 e. The summed E-state index contributed by atoms with van der Waals surface area (Å²) in [4.78, 5) is 13.5. The molecule has 0 saturated heterocycles. The van der Waals surface area contributed by atoms with Gasteiger partial charge in [-0.2, -0.15) is 0 Å². The van der Waals surface area contributed by atoms with Gasteiger partial charge in [-0.1, -0.05) is 37.6 Å². The lowest BCUT2D eigenvalue weighted by Crippen LogP contribution is -2.26. The summed E-state index contributed by atoms with van der Waals surface area (Å²) in [7, 11) is 0. The summed E-state index contributed by atoms with van der Waals surface area (Å²) in [6, 6.07) is 11.5. The monoisotopic (exact) mass is 391 g/mol. The van der Waals surface area contributed by atoms with Crippen molar-refractivity contribution < 1.29 is 14.3 Å². The Morgan fingerprint density at radius 2 is 2.00 bits per heavy atom. The van der Waals surface area contributed by atoms with Crippen LogP contribution in [0.3, 0.4) is 0 Å². The number of carbonyl (C=O) groups excluding carboxylic acids is 1. The highest BCUT2D eigenvalue weighted by atomic mass is 35.5. The topological polar surface area (TPSA) is 47.6 Å². The molecule has 1 aliphatic heterocycles. The van der Waals surface area contributed by atoms with Gasteiger partial charge in [0.15, 0.2) is 11.5 Å². The van der Waals surface area contributed by atoms with Crippen LogP contribution in [0.2, 0.25) is 5.02 Å². The predicted molar refractivity (Wildman–Crippen MR) is 106 cm³/mol. The highest BCUT2D eigenvalue weighted by Gasteiger charge is 2.17. The molecule has 2 aromatic carbocycles. The van der Waals surface area contributed by atoms with E-state index in [0.717, 1.165) is 10.5 Å². The Labute approximate surface area is 163 Å². The van der Waals surface area contributed by atoms with Crippen molar-refractivity contribution in [1.29, 1.82) is 0 Å². The molecule has 26 heavy (non-hydrogen) atoms. The molecular formula is C20H22ClNO3S. The van der Waals surface area contributed by atoms with Gasteiger partial charge in [0, 0.05) is 16.7 Å². The van der Waals surface area contributed by atoms with E-state index in [-0.39, 0.29) is 5.91 Å². The number of amides is 1. The Hall–Kier alpha value is -1.85. The average molecular weight is 392 g/mol. The number of fused-ring (bicyclic) bond motifs is 1. The van der Waals surface area contributed by atoms with Crippen molar-refractivity contribution in [2.75, 3.05) is 19.8 Å². The second-order valence-electron chi connectivity index (χ2n) is 6.27. The van der Waals surface area contributed by atoms with Gasteiger partial charge in [-0.3, -0.25) is 4.79 Å². The molecule has 0 spiro atoms. The van der Waals surface area contributed by atoms with E-state index in [9.17, 15) is 4.79 Å². The summed E-state index contributed by atoms with van der Waals surface area (Å²) in [6.45, 7) is 5.79. The summed E-state index contributed by atoms with van der Waals surface area (Å²) in [6.07, 6.45) is 0.668. The summed E-state index contributed by atoms with van der Waals surface area (Å²) < 4.78 is 11.1. The van der Waals surface area contributed by atoms with Gasteiger partial charge < -0.3 is 14.8 Å². The van der Waals surface area contributed by atoms with E-state index in [4.69, 9.17) is 21.1 Å². The van der Waals surface area contributed by atoms with Gasteiger partial charge in [0.05, 0.1) is 10.6 Å². The van der Waals surface area contributed by atoms with Crippen LogP contribution in [-0.4, -0.2) is 30.9 Å². The SMILES string of the molecule is CC(C)Sc1ccccc1C(=O)NCCc1cc(Cl)c2c(c1)OCCO2. The number of hydrogen-bond donors (Lipinski definition) is 1. The smallest absolute Gasteiger partial charge is 0.252 e. The first-order valence-electron chi connectivity index (χ1n) is 8.66. The second kappa shape index (κ2) is 8.69. The molecule has 0 unspecified atom stereocenters. The zero-order valence-electron chi connectivity index (χ0n) is 14.9. The number of benzene rings is 2. The number of hydrogen-bond acceptors (Lipinski definition) is 4. The van der Waals surface area contributed by atoms with E-state index in [1.165, 1.54) is 0 Å². The van der Waals surface area contributed by atoms with E-state index >= 15 is 0 Å². The van der Waals surface area contributed by atoms with E-state index in [2.05, 4.69) is 19.2 Å². The van der Waals surface area contributed by atoms with E-state index in [1.54, 1.807) is 11.8 Å². The number of nitrogens with one attached hydrogen (secondary N) is 1. The molecule has 0 atom stereocenters. The quantitative estimate of drug-likeness (QED) is 0.732. The number of carbonyl (C=O) groups is 1. The lowest BCUT2D eigenvalue weighted by atomic mass is 10.1. The third-order valence-electron chi connectivity index (χ3n) is 3.85. The normalized spacial score (nSPS) is 12.9. The molecule has 0 radical (unpaired) electrons. The Morgan fingerprint density at radius 3 is 2.81 bits per heavy atom. The van der Waals surface area contributed by atoms with Gasteiger partial charge in [0.25, 0.3) is 5.91 Å². The number of rotatable bonds is 6. The summed E-state index contributed by atoms with van der Waals surface area (Å²) >= 11 is 7.95. The summed E-state index contributed by atoms with van der Waals surface area (Å²) in [5, 5.41) is 3.96. The van der Waals surface area contributed by atoms with Gasteiger partial charge >= 0.3 is 0 Å². The third-order valence-corrected chi connectivity index (χ3v) is 5.21. The molecule has 0 aliphatic carbocycles. The molecule has 4 nitrogen and oxygen atoms in total. The van der Waals surface area contributed by atoms with Gasteiger partial charge in [0.1, 0.15) is 13.2 Å². The Balaban J connectivity index is 1.62. The van der Waals surface area contributed by atoms with Crippen LogP contribution in [0.15, 0.2) is 41.3 Å². The highest BCUT2D eigenvalue weighted by Crippen LogP contribution is 2.38. The Morgan fingerprint density at radius 1 is 1.23 bits per heavy atom. The van der Waals surface area contributed by atoms with Gasteiger partial charge in [-0.15, -0.1) is 11.8 Å². The second-order valence-corrected chi connectivity index (χ2v) is 8.30. The van der Waals surface area contributed by atoms with Crippen LogP contribution >= 0.6 is 23.4 Å². The van der Waals surface area contributed by atoms with Gasteiger partial charge in [-0.05, 0) is 36.2 Å². The van der Waals surface area contributed by atoms with Crippen LogP contribution < -0.4 is 14.8 Å². The van der Waals surface area contributed by atoms with Crippen LogP contribution in [0.25, 0.3) is 0 Å². The van der Waals surface area contributed by atoms with Crippen molar-refractivity contribution in [3.05, 3.63) is 52.5 Å². The molecule has 0 bridgehead atoms. The number of halogens is 1. The van der Waals surface area contributed by atoms with Crippen molar-refractivity contribution in [3.63, 3.8) is 0 Å². The minimum absolute atomic E-state index is 0.0580. The minimum atomic E-state index is -0.0580. The maximum absolute atomic E-state index is 12.5. The molecule has 6 heteroatoms. The van der Waals surface area contributed by atoms with E-state index in [1.807, 2.05) is 36.4 Å². The molecule has 3 rings (SSSR count). The van der Waals surface area contributed by atoms with Crippen LogP contribution in [0.4, 0.5) is 0 Å². The van der Waals surface area contributed by atoms with Gasteiger partial charge in [-0.25, -0.2) is 0 Å². The predicted octanol–water partition coefficient (Wildman–Crippen LogP) is 4.58. The first kappa shape index (κ1) is 18.9. The third kappa shape index (κ3) is 4.65. The fourth-order valence-electron chi connectivity index (χ4n) is 2.74. The standard InChI is InChI=1S/C20H22ClNO3S/c1-13(2)26-18-6-4-3-5-15(18)20(23)22-8-7-14-11-16(21)19-17(12-14)24-9-10-25-19/h3-6,11-13H,7-10H2,1-2H3,(H,22,23). The molecule has 138 valence electrons. The highest BCUT2D eigenvalue weighted by molar-refractivity contribution is 8.00. The summed E-state index contributed by atoms with van der Waals surface area (Å²) in [5.41, 5.74) is 1.72. The Bertz CT molecular complexity index is 795. The molecule has 1 aliphatic rings. The molecule has 0 saturated carbocycles. The molecular weight excluding hydrogens is 370 g/mol. The molecule has 2 aromatic rings. The molecule has 1 N–H and O–H groups in total. The van der Waals surface area contributed by atoms with Crippen molar-refractivity contribution in [3.8, 4) is 11.5 Å². The average Bonchev–Trinajstić information content (AvgIpc) is 2.61. The number of thioether (sulfide) groups is 1. The maximum atomic E-state index is 12.5. The van der Waals surface area contributed by atoms with E-state index < -0.39 is 0 Å². The first-order chi connectivity index (χ1) is 12.5. The fourth-order valence-corrected chi connectivity index (χ4v) is 3.98. The first-order valence-corrected chi connectivity index (χ1v) is 9.92. The molecule has 1 heterocycles. The zero-order valence-corrected chi connectivity index (χ0v) is 16.5. The van der Waals surface area contributed by atoms with Crippen molar-refractivity contribution in [2.24, 2.45) is 0 Å². The van der Waals surface area contributed by atoms with Crippen LogP contribution in [0, 0.1) is 0 Å². The van der Waals surface area contributed by atoms with Crippen molar-refractivity contribution in [1.82, 2.24) is 5.32 Å². The van der Waals surface area contributed by atoms with Crippen LogP contribution in [0.5, 0.6) is 11.5 Å². The van der Waals surface area contributed by atoms with Gasteiger partial charge in [0.2, 0.25) is 0 Å². The zero-order chi connectivity index (χ0) is 18.5. The molecule has 1 amide bonds. The van der Waals surface area contributed by atoms with Crippen molar-refractivity contribution >= 4 is 29.3 Å². The van der Waals surface area contributed by atoms with Crippen molar-refractivity contribution in [2.45, 2.75) is 30.4 Å². The van der Waals surface area contributed by atoms with Crippen LogP contribution in [-0.2, 0) is 6.42 Å². The van der Waals surface area contributed by atoms with Crippen LogP contribution in [0.1, 0.15) is 29.8 Å². The molecule has 0 aromatic heterocycles. The summed E-state index contributed by atoms with van der Waals surface area (Å²) in [5.74, 6) is 1.21. The lowest BCUT2D eigenvalue weighted by molar-refractivity contribution is 0.0951. The molecule has 0 fully saturated rings. The lowest BCUT2D eigenvalue weighted by Gasteiger charge is -2.20.